The minimum absolute atomic E-state index is 0.746. The van der Waals surface area contributed by atoms with E-state index in [-0.39, 0.29) is 0 Å². The topological polar surface area (TPSA) is 35.5 Å². The summed E-state index contributed by atoms with van der Waals surface area (Å²) in [6.45, 7) is 9.04. The summed E-state index contributed by atoms with van der Waals surface area (Å²) in [5.41, 5.74) is 2.38. The summed E-state index contributed by atoms with van der Waals surface area (Å²) in [4.78, 5) is 16.7. The van der Waals surface area contributed by atoms with Crippen molar-refractivity contribution in [3.05, 3.63) is 17.3 Å². The fourth-order valence-corrected chi connectivity index (χ4v) is 5.02. The molecule has 5 nitrogen and oxygen atoms in total. The van der Waals surface area contributed by atoms with Gasteiger partial charge in [-0.05, 0) is 44.3 Å². The molecule has 0 bridgehead atoms. The van der Waals surface area contributed by atoms with Crippen molar-refractivity contribution in [2.75, 3.05) is 51.2 Å². The van der Waals surface area contributed by atoms with Crippen LogP contribution in [-0.4, -0.2) is 72.1 Å². The Morgan fingerprint density at radius 2 is 1.96 bits per heavy atom. The van der Waals surface area contributed by atoms with E-state index in [0.717, 1.165) is 43.6 Å². The lowest BCUT2D eigenvalue weighted by Crippen LogP contribution is -2.52. The molecule has 4 rings (SSSR count). The highest BCUT2D eigenvalue weighted by atomic mass is 32.1. The molecule has 0 saturated carbocycles. The van der Waals surface area contributed by atoms with E-state index >= 15 is 0 Å². The molecule has 2 aromatic rings. The first-order chi connectivity index (χ1) is 11.7. The van der Waals surface area contributed by atoms with Gasteiger partial charge in [-0.25, -0.2) is 9.97 Å². The fraction of sp³-hybridized carbons (Fsp3) is 0.667. The van der Waals surface area contributed by atoms with Gasteiger partial charge in [0.05, 0.1) is 10.2 Å². The molecule has 0 aromatic carbocycles. The molecule has 0 amide bonds. The molecule has 2 aromatic heterocycles. The minimum Gasteiger partial charge on any atom is -0.353 e. The predicted octanol–water partition coefficient (Wildman–Crippen LogP) is 2.61. The van der Waals surface area contributed by atoms with Crippen LogP contribution in [0.1, 0.15) is 24.8 Å². The number of likely N-dealkylation sites (tertiary alicyclic amines) is 1. The molecule has 130 valence electrons. The summed E-state index contributed by atoms with van der Waals surface area (Å²) in [7, 11) is 2.29. The van der Waals surface area contributed by atoms with Crippen molar-refractivity contribution >= 4 is 27.4 Å². The highest BCUT2D eigenvalue weighted by Crippen LogP contribution is 2.31. The van der Waals surface area contributed by atoms with Gasteiger partial charge in [0.1, 0.15) is 12.1 Å². The summed E-state index contributed by atoms with van der Waals surface area (Å²) in [5, 5.41) is 2.19. The lowest BCUT2D eigenvalue weighted by molar-refractivity contribution is 0.124. The Kier molecular flexibility index (Phi) is 4.70. The van der Waals surface area contributed by atoms with Gasteiger partial charge >= 0.3 is 0 Å². The van der Waals surface area contributed by atoms with Crippen LogP contribution in [0, 0.1) is 6.92 Å². The van der Waals surface area contributed by atoms with Gasteiger partial charge in [-0.2, -0.15) is 0 Å². The van der Waals surface area contributed by atoms with Gasteiger partial charge in [-0.3, -0.25) is 4.90 Å². The lowest BCUT2D eigenvalue weighted by Gasteiger charge is -2.40. The second kappa shape index (κ2) is 6.94. The van der Waals surface area contributed by atoms with Crippen molar-refractivity contribution < 1.29 is 0 Å². The SMILES string of the molecule is Cc1csc2c(N3CCN(C[C@@H]4CCCCN4C)CC3)ncnc12. The van der Waals surface area contributed by atoms with Gasteiger partial charge in [0.2, 0.25) is 0 Å². The van der Waals surface area contributed by atoms with Crippen LogP contribution < -0.4 is 4.90 Å². The average molecular weight is 346 g/mol. The van der Waals surface area contributed by atoms with E-state index in [0.29, 0.717) is 0 Å². The number of fused-ring (bicyclic) bond motifs is 1. The summed E-state index contributed by atoms with van der Waals surface area (Å²) in [6, 6.07) is 0.746. The molecule has 0 N–H and O–H groups in total. The Balaban J connectivity index is 1.40. The molecule has 2 fully saturated rings. The quantitative estimate of drug-likeness (QED) is 0.854. The van der Waals surface area contributed by atoms with Crippen molar-refractivity contribution in [1.29, 1.82) is 0 Å². The van der Waals surface area contributed by atoms with Crippen LogP contribution >= 0.6 is 11.3 Å². The number of anilines is 1. The summed E-state index contributed by atoms with van der Waals surface area (Å²) < 4.78 is 1.25. The van der Waals surface area contributed by atoms with E-state index in [4.69, 9.17) is 0 Å². The van der Waals surface area contributed by atoms with Crippen LogP contribution in [0.5, 0.6) is 0 Å². The number of piperazine rings is 1. The number of hydrogen-bond donors (Lipinski definition) is 0. The van der Waals surface area contributed by atoms with E-state index in [1.165, 1.54) is 42.6 Å². The maximum absolute atomic E-state index is 4.60. The molecular weight excluding hydrogens is 318 g/mol. The van der Waals surface area contributed by atoms with E-state index in [1.54, 1.807) is 17.7 Å². The lowest BCUT2D eigenvalue weighted by atomic mass is 10.0. The van der Waals surface area contributed by atoms with Crippen molar-refractivity contribution in [1.82, 2.24) is 19.8 Å². The Labute approximate surface area is 148 Å². The molecule has 24 heavy (non-hydrogen) atoms. The molecule has 2 saturated heterocycles. The zero-order valence-corrected chi connectivity index (χ0v) is 15.6. The normalized spacial score (nSPS) is 23.9. The van der Waals surface area contributed by atoms with E-state index in [9.17, 15) is 0 Å². The maximum Gasteiger partial charge on any atom is 0.150 e. The van der Waals surface area contributed by atoms with Gasteiger partial charge in [0.15, 0.2) is 0 Å². The van der Waals surface area contributed by atoms with Crippen LogP contribution in [0.2, 0.25) is 0 Å². The van der Waals surface area contributed by atoms with Crippen LogP contribution in [0.3, 0.4) is 0 Å². The predicted molar refractivity (Wildman–Crippen MR) is 101 cm³/mol. The zero-order chi connectivity index (χ0) is 16.5. The van der Waals surface area contributed by atoms with Crippen LogP contribution in [0.25, 0.3) is 10.2 Å². The number of nitrogens with zero attached hydrogens (tertiary/aromatic N) is 5. The van der Waals surface area contributed by atoms with Gasteiger partial charge < -0.3 is 9.80 Å². The molecular formula is C18H27N5S. The first-order valence-electron chi connectivity index (χ1n) is 9.08. The fourth-order valence-electron chi connectivity index (χ4n) is 4.00. The van der Waals surface area contributed by atoms with E-state index < -0.39 is 0 Å². The van der Waals surface area contributed by atoms with Crippen LogP contribution in [0.4, 0.5) is 5.82 Å². The van der Waals surface area contributed by atoms with E-state index in [2.05, 4.69) is 44.0 Å². The molecule has 2 aliphatic heterocycles. The standard InChI is InChI=1S/C18H27N5S/c1-14-12-24-17-16(14)19-13-20-18(17)23-9-7-22(8-10-23)11-15-5-3-4-6-21(15)2/h12-13,15H,3-11H2,1-2H3/t15-/m0/s1. The second-order valence-corrected chi connectivity index (χ2v) is 8.09. The summed E-state index contributed by atoms with van der Waals surface area (Å²) in [6.07, 6.45) is 5.84. The Morgan fingerprint density at radius 1 is 1.12 bits per heavy atom. The van der Waals surface area contributed by atoms with Crippen LogP contribution in [0.15, 0.2) is 11.7 Å². The van der Waals surface area contributed by atoms with Gasteiger partial charge in [-0.15, -0.1) is 11.3 Å². The van der Waals surface area contributed by atoms with Crippen molar-refractivity contribution in [2.45, 2.75) is 32.2 Å². The first kappa shape index (κ1) is 16.2. The zero-order valence-electron chi connectivity index (χ0n) is 14.7. The number of likely N-dealkylation sites (N-methyl/N-ethyl adjacent to an activating group) is 1. The highest BCUT2D eigenvalue weighted by Gasteiger charge is 2.25. The third-order valence-corrected chi connectivity index (χ3v) is 6.66. The minimum atomic E-state index is 0.746. The molecule has 0 aliphatic carbocycles. The molecule has 0 unspecified atom stereocenters. The molecule has 0 radical (unpaired) electrons. The third kappa shape index (κ3) is 3.15. The van der Waals surface area contributed by atoms with Crippen LogP contribution in [-0.2, 0) is 0 Å². The monoisotopic (exact) mass is 345 g/mol. The number of piperidine rings is 1. The summed E-state index contributed by atoms with van der Waals surface area (Å²) in [5.74, 6) is 1.13. The average Bonchev–Trinajstić information content (AvgIpc) is 2.99. The largest absolute Gasteiger partial charge is 0.353 e. The first-order valence-corrected chi connectivity index (χ1v) is 9.96. The second-order valence-electron chi connectivity index (χ2n) is 7.21. The summed E-state index contributed by atoms with van der Waals surface area (Å²) >= 11 is 1.78. The molecule has 6 heteroatoms. The third-order valence-electron chi connectivity index (χ3n) is 5.57. The molecule has 2 aliphatic rings. The number of thiophene rings is 1. The van der Waals surface area contributed by atoms with Gasteiger partial charge in [-0.1, -0.05) is 6.42 Å². The Morgan fingerprint density at radius 3 is 2.75 bits per heavy atom. The maximum atomic E-state index is 4.60. The van der Waals surface area contributed by atoms with E-state index in [1.807, 2.05) is 0 Å². The number of aromatic nitrogens is 2. The number of aryl methyl sites for hydroxylation is 1. The molecule has 1 atom stereocenters. The molecule has 4 heterocycles. The number of rotatable bonds is 3. The highest BCUT2D eigenvalue weighted by molar-refractivity contribution is 7.18. The van der Waals surface area contributed by atoms with Crippen molar-refractivity contribution in [3.8, 4) is 0 Å². The molecule has 0 spiro atoms. The van der Waals surface area contributed by atoms with Gasteiger partial charge in [0.25, 0.3) is 0 Å². The smallest absolute Gasteiger partial charge is 0.150 e. The van der Waals surface area contributed by atoms with Crippen molar-refractivity contribution in [2.24, 2.45) is 0 Å². The van der Waals surface area contributed by atoms with Gasteiger partial charge in [0, 0.05) is 38.8 Å². The Hall–Kier alpha value is -1.24. The number of hydrogen-bond acceptors (Lipinski definition) is 6. The van der Waals surface area contributed by atoms with Crippen molar-refractivity contribution in [3.63, 3.8) is 0 Å². The Bertz CT molecular complexity index is 692.